The Hall–Kier alpha value is -3.78. The molecule has 0 saturated heterocycles. The summed E-state index contributed by atoms with van der Waals surface area (Å²) in [5, 5.41) is 2.89. The number of nitrogens with one attached hydrogen (secondary N) is 2. The van der Waals surface area contributed by atoms with Crippen molar-refractivity contribution in [1.29, 1.82) is 0 Å². The lowest BCUT2D eigenvalue weighted by molar-refractivity contribution is -0.110. The van der Waals surface area contributed by atoms with Crippen molar-refractivity contribution in [2.75, 3.05) is 12.4 Å². The summed E-state index contributed by atoms with van der Waals surface area (Å²) >= 11 is 0. The standard InChI is InChI=1S/C21H15N3O2/c1-26-19-10-12-23-18(19)13-16-20-14(5-4-7-17(20)24-21(16)25)8-9-15-6-2-3-11-22-15/h2-7,10-13,23H,1H3,(H,24,25)/b16-13-. The van der Waals surface area contributed by atoms with Crippen molar-refractivity contribution >= 4 is 23.2 Å². The van der Waals surface area contributed by atoms with Crippen molar-refractivity contribution in [1.82, 2.24) is 9.97 Å². The molecule has 1 aliphatic heterocycles. The zero-order valence-electron chi connectivity index (χ0n) is 14.0. The van der Waals surface area contributed by atoms with E-state index in [4.69, 9.17) is 4.74 Å². The van der Waals surface area contributed by atoms with E-state index in [1.165, 1.54) is 0 Å². The number of H-pyrrole nitrogens is 1. The third kappa shape index (κ3) is 2.85. The Balaban J connectivity index is 1.81. The van der Waals surface area contributed by atoms with Gasteiger partial charge in [-0.05, 0) is 42.3 Å². The summed E-state index contributed by atoms with van der Waals surface area (Å²) < 4.78 is 5.31. The van der Waals surface area contributed by atoms with Crippen LogP contribution in [-0.4, -0.2) is 23.0 Å². The molecule has 0 fully saturated rings. The van der Waals surface area contributed by atoms with Gasteiger partial charge in [-0.1, -0.05) is 18.1 Å². The molecule has 0 aliphatic carbocycles. The van der Waals surface area contributed by atoms with Crippen LogP contribution in [0.25, 0.3) is 11.6 Å². The van der Waals surface area contributed by atoms with E-state index < -0.39 is 0 Å². The average Bonchev–Trinajstić information content (AvgIpc) is 3.25. The summed E-state index contributed by atoms with van der Waals surface area (Å²) in [6.45, 7) is 0. The van der Waals surface area contributed by atoms with Gasteiger partial charge in [0.1, 0.15) is 11.4 Å². The van der Waals surface area contributed by atoms with E-state index in [0.717, 1.165) is 22.5 Å². The molecule has 1 amide bonds. The van der Waals surface area contributed by atoms with Gasteiger partial charge in [-0.15, -0.1) is 0 Å². The van der Waals surface area contributed by atoms with Gasteiger partial charge in [0.25, 0.3) is 5.91 Å². The lowest BCUT2D eigenvalue weighted by atomic mass is 9.99. The largest absolute Gasteiger partial charge is 0.495 e. The molecule has 4 rings (SSSR count). The molecular weight excluding hydrogens is 326 g/mol. The second-order valence-electron chi connectivity index (χ2n) is 5.66. The predicted molar refractivity (Wildman–Crippen MR) is 101 cm³/mol. The van der Waals surface area contributed by atoms with Crippen LogP contribution in [0.5, 0.6) is 5.75 Å². The Kier molecular flexibility index (Phi) is 4.00. The third-order valence-electron chi connectivity index (χ3n) is 4.06. The third-order valence-corrected chi connectivity index (χ3v) is 4.06. The molecule has 126 valence electrons. The smallest absolute Gasteiger partial charge is 0.256 e. The topological polar surface area (TPSA) is 67.0 Å². The fourth-order valence-corrected chi connectivity index (χ4v) is 2.86. The fraction of sp³-hybridized carbons (Fsp3) is 0.0476. The number of carbonyl (C=O) groups is 1. The van der Waals surface area contributed by atoms with Gasteiger partial charge in [0.2, 0.25) is 0 Å². The first-order valence-electron chi connectivity index (χ1n) is 8.07. The Morgan fingerprint density at radius 2 is 2.04 bits per heavy atom. The number of pyridine rings is 1. The second kappa shape index (κ2) is 6.61. The van der Waals surface area contributed by atoms with Crippen LogP contribution in [0.1, 0.15) is 22.5 Å². The number of hydrogen-bond acceptors (Lipinski definition) is 3. The molecule has 3 aromatic rings. The van der Waals surface area contributed by atoms with Crippen molar-refractivity contribution in [3.8, 4) is 17.6 Å². The van der Waals surface area contributed by atoms with Crippen LogP contribution >= 0.6 is 0 Å². The number of rotatable bonds is 2. The molecule has 0 unspecified atom stereocenters. The number of anilines is 1. The molecule has 5 heteroatoms. The number of ether oxygens (including phenoxy) is 1. The zero-order chi connectivity index (χ0) is 17.9. The first kappa shape index (κ1) is 15.7. The normalized spacial score (nSPS) is 13.7. The maximum atomic E-state index is 12.5. The molecule has 0 spiro atoms. The minimum atomic E-state index is -0.163. The van der Waals surface area contributed by atoms with E-state index in [9.17, 15) is 4.79 Å². The van der Waals surface area contributed by atoms with Gasteiger partial charge >= 0.3 is 0 Å². The van der Waals surface area contributed by atoms with Gasteiger partial charge in [0.05, 0.1) is 24.1 Å². The molecule has 1 aromatic carbocycles. The summed E-state index contributed by atoms with van der Waals surface area (Å²) in [6.07, 6.45) is 5.26. The summed E-state index contributed by atoms with van der Waals surface area (Å²) in [4.78, 5) is 19.8. The molecule has 0 bridgehead atoms. The number of methoxy groups -OCH3 is 1. The molecular formula is C21H15N3O2. The first-order valence-corrected chi connectivity index (χ1v) is 8.07. The Morgan fingerprint density at radius 3 is 2.85 bits per heavy atom. The van der Waals surface area contributed by atoms with Crippen molar-refractivity contribution < 1.29 is 9.53 Å². The lowest BCUT2D eigenvalue weighted by Gasteiger charge is -2.03. The first-order chi connectivity index (χ1) is 12.8. The molecule has 26 heavy (non-hydrogen) atoms. The van der Waals surface area contributed by atoms with Gasteiger partial charge in [0.15, 0.2) is 0 Å². The van der Waals surface area contributed by atoms with Crippen molar-refractivity contribution in [2.24, 2.45) is 0 Å². The van der Waals surface area contributed by atoms with E-state index in [0.29, 0.717) is 17.0 Å². The monoisotopic (exact) mass is 341 g/mol. The van der Waals surface area contributed by atoms with E-state index in [1.807, 2.05) is 42.5 Å². The van der Waals surface area contributed by atoms with Crippen LogP contribution in [0.4, 0.5) is 5.69 Å². The summed E-state index contributed by atoms with van der Waals surface area (Å²) in [7, 11) is 1.59. The molecule has 0 atom stereocenters. The van der Waals surface area contributed by atoms with Gasteiger partial charge in [-0.2, -0.15) is 0 Å². The minimum Gasteiger partial charge on any atom is -0.495 e. The number of aromatic amines is 1. The van der Waals surface area contributed by atoms with Crippen LogP contribution in [0.2, 0.25) is 0 Å². The number of nitrogens with zero attached hydrogens (tertiary/aromatic N) is 1. The fourth-order valence-electron chi connectivity index (χ4n) is 2.86. The number of benzene rings is 1. The Morgan fingerprint density at radius 1 is 1.12 bits per heavy atom. The summed E-state index contributed by atoms with van der Waals surface area (Å²) in [5.41, 5.74) is 4.27. The van der Waals surface area contributed by atoms with Gasteiger partial charge in [0, 0.05) is 23.5 Å². The van der Waals surface area contributed by atoms with Crippen molar-refractivity contribution in [3.63, 3.8) is 0 Å². The molecule has 0 saturated carbocycles. The number of amides is 1. The van der Waals surface area contributed by atoms with Crippen molar-refractivity contribution in [3.05, 3.63) is 77.4 Å². The zero-order valence-corrected chi connectivity index (χ0v) is 14.0. The number of aromatic nitrogens is 2. The van der Waals surface area contributed by atoms with Crippen molar-refractivity contribution in [2.45, 2.75) is 0 Å². The summed E-state index contributed by atoms with van der Waals surface area (Å²) in [5.74, 6) is 6.69. The van der Waals surface area contributed by atoms with Gasteiger partial charge in [-0.3, -0.25) is 4.79 Å². The number of hydrogen-bond donors (Lipinski definition) is 2. The molecule has 0 radical (unpaired) electrons. The van der Waals surface area contributed by atoms with E-state index >= 15 is 0 Å². The van der Waals surface area contributed by atoms with E-state index in [2.05, 4.69) is 27.1 Å². The second-order valence-corrected chi connectivity index (χ2v) is 5.66. The van der Waals surface area contributed by atoms with Crippen LogP contribution < -0.4 is 10.1 Å². The van der Waals surface area contributed by atoms with Gasteiger partial charge < -0.3 is 15.0 Å². The highest BCUT2D eigenvalue weighted by molar-refractivity contribution is 6.35. The van der Waals surface area contributed by atoms with Crippen LogP contribution in [0, 0.1) is 11.8 Å². The minimum absolute atomic E-state index is 0.163. The van der Waals surface area contributed by atoms with Crippen LogP contribution in [-0.2, 0) is 4.79 Å². The highest BCUT2D eigenvalue weighted by Gasteiger charge is 2.26. The average molecular weight is 341 g/mol. The summed E-state index contributed by atoms with van der Waals surface area (Å²) in [6, 6.07) is 13.0. The number of fused-ring (bicyclic) bond motifs is 1. The van der Waals surface area contributed by atoms with Crippen LogP contribution in [0.15, 0.2) is 54.9 Å². The van der Waals surface area contributed by atoms with Gasteiger partial charge in [-0.25, -0.2) is 4.98 Å². The lowest BCUT2D eigenvalue weighted by Crippen LogP contribution is -2.03. The number of carbonyl (C=O) groups excluding carboxylic acids is 1. The quantitative estimate of drug-likeness (QED) is 0.555. The maximum Gasteiger partial charge on any atom is 0.256 e. The molecule has 2 N–H and O–H groups in total. The highest BCUT2D eigenvalue weighted by Crippen LogP contribution is 2.36. The molecule has 3 heterocycles. The molecule has 5 nitrogen and oxygen atoms in total. The van der Waals surface area contributed by atoms with E-state index in [-0.39, 0.29) is 5.91 Å². The van der Waals surface area contributed by atoms with Crippen LogP contribution in [0.3, 0.4) is 0 Å². The van der Waals surface area contributed by atoms with E-state index in [1.54, 1.807) is 25.6 Å². The SMILES string of the molecule is COc1cc[nH]c1/C=C1\C(=O)Nc2cccc(C#Cc3ccccn3)c21. The Bertz CT molecular complexity index is 1070. The molecule has 1 aliphatic rings. The maximum absolute atomic E-state index is 12.5. The predicted octanol–water partition coefficient (Wildman–Crippen LogP) is 3.31. The highest BCUT2D eigenvalue weighted by atomic mass is 16.5. The Labute approximate surface area is 150 Å². The molecule has 2 aromatic heterocycles.